The number of carbonyl (C=O) groups excluding carboxylic acids is 2. The van der Waals surface area contributed by atoms with Gasteiger partial charge in [0.05, 0.1) is 5.69 Å². The summed E-state index contributed by atoms with van der Waals surface area (Å²) in [7, 11) is 0. The average molecular weight is 392 g/mol. The molecule has 1 amide bonds. The molecule has 3 rings (SSSR count). The minimum absolute atomic E-state index is 0.0297. The van der Waals surface area contributed by atoms with Crippen LogP contribution in [0.1, 0.15) is 6.92 Å². The molecule has 1 unspecified atom stereocenters. The van der Waals surface area contributed by atoms with Gasteiger partial charge in [-0.25, -0.2) is 9.97 Å². The van der Waals surface area contributed by atoms with E-state index in [9.17, 15) is 9.59 Å². The van der Waals surface area contributed by atoms with Crippen molar-refractivity contribution in [1.29, 1.82) is 0 Å². The van der Waals surface area contributed by atoms with Gasteiger partial charge in [-0.05, 0) is 31.2 Å². The van der Waals surface area contributed by atoms with Crippen LogP contribution in [0, 0.1) is 0 Å². The van der Waals surface area contributed by atoms with Gasteiger partial charge in [0.15, 0.2) is 16.8 Å². The molecular formula is C17H14ClN3O4S. The minimum Gasteiger partial charge on any atom is -0.452 e. The predicted molar refractivity (Wildman–Crippen MR) is 98.2 cm³/mol. The van der Waals surface area contributed by atoms with Crippen LogP contribution >= 0.6 is 23.4 Å². The zero-order chi connectivity index (χ0) is 18.5. The quantitative estimate of drug-likeness (QED) is 0.390. The van der Waals surface area contributed by atoms with E-state index in [4.69, 9.17) is 20.8 Å². The molecule has 3 aromatic rings. The van der Waals surface area contributed by atoms with E-state index in [0.29, 0.717) is 22.0 Å². The molecule has 0 aliphatic heterocycles. The standard InChI is InChI=1S/C17H14ClN3O4S/c1-10(16(23)20-12-6-4-8-19-15(12)18)24-14(22)9-26-17-21-11-5-2-3-7-13(11)25-17/h2-8,10H,9H2,1H3,(H,20,23). The molecule has 26 heavy (non-hydrogen) atoms. The third-order valence-electron chi connectivity index (χ3n) is 3.28. The van der Waals surface area contributed by atoms with Crippen LogP contribution in [-0.4, -0.2) is 33.7 Å². The number of carbonyl (C=O) groups is 2. The lowest BCUT2D eigenvalue weighted by atomic mass is 10.3. The fourth-order valence-corrected chi connectivity index (χ4v) is 2.82. The van der Waals surface area contributed by atoms with Crippen molar-refractivity contribution in [3.8, 4) is 0 Å². The van der Waals surface area contributed by atoms with Crippen LogP contribution in [0.25, 0.3) is 11.1 Å². The Balaban J connectivity index is 1.50. The summed E-state index contributed by atoms with van der Waals surface area (Å²) in [5.74, 6) is -1.09. The van der Waals surface area contributed by atoms with E-state index in [1.807, 2.05) is 18.2 Å². The molecule has 134 valence electrons. The van der Waals surface area contributed by atoms with E-state index < -0.39 is 18.0 Å². The van der Waals surface area contributed by atoms with Crippen LogP contribution < -0.4 is 5.32 Å². The van der Waals surface area contributed by atoms with Crippen molar-refractivity contribution in [3.63, 3.8) is 0 Å². The number of pyridine rings is 1. The highest BCUT2D eigenvalue weighted by atomic mass is 35.5. The van der Waals surface area contributed by atoms with Gasteiger partial charge in [-0.3, -0.25) is 9.59 Å². The van der Waals surface area contributed by atoms with Crippen LogP contribution in [0.15, 0.2) is 52.2 Å². The van der Waals surface area contributed by atoms with E-state index in [-0.39, 0.29) is 10.9 Å². The Bertz CT molecular complexity index is 913. The Hall–Kier alpha value is -2.58. The first-order valence-electron chi connectivity index (χ1n) is 7.62. The summed E-state index contributed by atoms with van der Waals surface area (Å²) >= 11 is 6.97. The molecule has 2 aromatic heterocycles. The zero-order valence-electron chi connectivity index (χ0n) is 13.6. The summed E-state index contributed by atoms with van der Waals surface area (Å²) < 4.78 is 10.6. The van der Waals surface area contributed by atoms with Crippen LogP contribution in [0.2, 0.25) is 5.15 Å². The van der Waals surface area contributed by atoms with Gasteiger partial charge in [-0.1, -0.05) is 35.5 Å². The third kappa shape index (κ3) is 4.53. The number of thioether (sulfide) groups is 1. The number of halogens is 1. The Morgan fingerprint density at radius 2 is 2.12 bits per heavy atom. The molecule has 1 aromatic carbocycles. The molecule has 1 N–H and O–H groups in total. The average Bonchev–Trinajstić information content (AvgIpc) is 3.05. The number of rotatable bonds is 6. The Morgan fingerprint density at radius 3 is 2.88 bits per heavy atom. The SMILES string of the molecule is CC(OC(=O)CSc1nc2ccccc2o1)C(=O)Nc1cccnc1Cl. The lowest BCUT2D eigenvalue weighted by Gasteiger charge is -2.13. The molecular weight excluding hydrogens is 378 g/mol. The van der Waals surface area contributed by atoms with Gasteiger partial charge in [-0.15, -0.1) is 0 Å². The molecule has 0 bridgehead atoms. The number of nitrogens with zero attached hydrogens (tertiary/aromatic N) is 2. The molecule has 1 atom stereocenters. The normalized spacial score (nSPS) is 11.9. The Kier molecular flexibility index (Phi) is 5.75. The molecule has 0 aliphatic carbocycles. The molecule has 0 saturated carbocycles. The number of ether oxygens (including phenoxy) is 1. The first-order valence-corrected chi connectivity index (χ1v) is 8.98. The smallest absolute Gasteiger partial charge is 0.317 e. The molecule has 0 spiro atoms. The number of aromatic nitrogens is 2. The number of esters is 1. The van der Waals surface area contributed by atoms with Gasteiger partial charge < -0.3 is 14.5 Å². The first-order chi connectivity index (χ1) is 12.5. The maximum Gasteiger partial charge on any atom is 0.317 e. The number of nitrogens with one attached hydrogen (secondary N) is 1. The highest BCUT2D eigenvalue weighted by Crippen LogP contribution is 2.23. The topological polar surface area (TPSA) is 94.3 Å². The number of hydrogen-bond donors (Lipinski definition) is 1. The lowest BCUT2D eigenvalue weighted by molar-refractivity contribution is -0.150. The van der Waals surface area contributed by atoms with E-state index in [0.717, 1.165) is 11.8 Å². The second-order valence-electron chi connectivity index (χ2n) is 5.20. The Labute approximate surface area is 158 Å². The predicted octanol–water partition coefficient (Wildman–Crippen LogP) is 3.54. The number of para-hydroxylation sites is 2. The van der Waals surface area contributed by atoms with Crippen LogP contribution in [0.5, 0.6) is 0 Å². The van der Waals surface area contributed by atoms with Crippen molar-refractivity contribution in [1.82, 2.24) is 9.97 Å². The van der Waals surface area contributed by atoms with E-state index in [1.54, 1.807) is 18.2 Å². The number of fused-ring (bicyclic) bond motifs is 1. The van der Waals surface area contributed by atoms with Crippen LogP contribution in [0.3, 0.4) is 0 Å². The summed E-state index contributed by atoms with van der Waals surface area (Å²) in [6.07, 6.45) is 0.521. The molecule has 9 heteroatoms. The fraction of sp³-hybridized carbons (Fsp3) is 0.176. The van der Waals surface area contributed by atoms with E-state index in [2.05, 4.69) is 15.3 Å². The molecule has 0 fully saturated rings. The molecule has 0 aliphatic rings. The lowest BCUT2D eigenvalue weighted by Crippen LogP contribution is -2.30. The molecule has 7 nitrogen and oxygen atoms in total. The number of oxazole rings is 1. The number of benzene rings is 1. The third-order valence-corrected chi connectivity index (χ3v) is 4.38. The monoisotopic (exact) mass is 391 g/mol. The maximum atomic E-state index is 12.1. The van der Waals surface area contributed by atoms with E-state index >= 15 is 0 Å². The second kappa shape index (κ2) is 8.20. The number of hydrogen-bond acceptors (Lipinski definition) is 7. The summed E-state index contributed by atoms with van der Waals surface area (Å²) in [5.41, 5.74) is 1.71. The number of amides is 1. The summed E-state index contributed by atoms with van der Waals surface area (Å²) in [4.78, 5) is 32.1. The molecule has 0 saturated heterocycles. The van der Waals surface area contributed by atoms with Gasteiger partial charge in [0.1, 0.15) is 11.3 Å². The van der Waals surface area contributed by atoms with Gasteiger partial charge in [-0.2, -0.15) is 0 Å². The van der Waals surface area contributed by atoms with Gasteiger partial charge in [0, 0.05) is 6.20 Å². The van der Waals surface area contributed by atoms with Crippen molar-refractivity contribution in [2.24, 2.45) is 0 Å². The molecule has 2 heterocycles. The van der Waals surface area contributed by atoms with E-state index in [1.165, 1.54) is 13.1 Å². The highest BCUT2D eigenvalue weighted by molar-refractivity contribution is 7.99. The summed E-state index contributed by atoms with van der Waals surface area (Å²) in [5, 5.41) is 3.08. The van der Waals surface area contributed by atoms with Gasteiger partial charge in [0.2, 0.25) is 0 Å². The molecule has 0 radical (unpaired) electrons. The first kappa shape index (κ1) is 18.2. The second-order valence-corrected chi connectivity index (χ2v) is 6.48. The van der Waals surface area contributed by atoms with Crippen molar-refractivity contribution in [3.05, 3.63) is 47.7 Å². The Morgan fingerprint density at radius 1 is 1.31 bits per heavy atom. The highest BCUT2D eigenvalue weighted by Gasteiger charge is 2.19. The van der Waals surface area contributed by atoms with Crippen molar-refractivity contribution < 1.29 is 18.7 Å². The van der Waals surface area contributed by atoms with Crippen LogP contribution in [0.4, 0.5) is 5.69 Å². The largest absolute Gasteiger partial charge is 0.452 e. The van der Waals surface area contributed by atoms with Crippen molar-refractivity contribution in [2.45, 2.75) is 18.3 Å². The van der Waals surface area contributed by atoms with Gasteiger partial charge in [0.25, 0.3) is 11.1 Å². The zero-order valence-corrected chi connectivity index (χ0v) is 15.2. The number of anilines is 1. The fourth-order valence-electron chi connectivity index (χ4n) is 2.03. The summed E-state index contributed by atoms with van der Waals surface area (Å²) in [6, 6.07) is 10.5. The maximum absolute atomic E-state index is 12.1. The minimum atomic E-state index is -0.983. The van der Waals surface area contributed by atoms with Crippen LogP contribution in [-0.2, 0) is 14.3 Å². The van der Waals surface area contributed by atoms with Crippen molar-refractivity contribution in [2.75, 3.05) is 11.1 Å². The van der Waals surface area contributed by atoms with Gasteiger partial charge >= 0.3 is 5.97 Å². The van der Waals surface area contributed by atoms with Crippen molar-refractivity contribution >= 4 is 52.0 Å². The summed E-state index contributed by atoms with van der Waals surface area (Å²) in [6.45, 7) is 1.47.